The molecule has 8 heteroatoms. The highest BCUT2D eigenvalue weighted by molar-refractivity contribution is 14.0. The van der Waals surface area contributed by atoms with Crippen LogP contribution in [0.25, 0.3) is 0 Å². The van der Waals surface area contributed by atoms with E-state index in [1.165, 1.54) is 5.56 Å². The lowest BCUT2D eigenvalue weighted by Crippen LogP contribution is -2.39. The molecule has 2 aromatic rings. The zero-order valence-electron chi connectivity index (χ0n) is 15.9. The van der Waals surface area contributed by atoms with Gasteiger partial charge in [-0.2, -0.15) is 4.98 Å². The van der Waals surface area contributed by atoms with E-state index in [0.717, 1.165) is 25.5 Å². The Hall–Kier alpha value is -1.68. The maximum absolute atomic E-state index is 4.95. The standard InChI is InChI=1S/C18H28N6O.HI/c1-14(24(4)13-16-8-6-5-7-9-16)10-11-20-18(19-3)21-12-17-22-15(2)25-23-17;/h5-9,14H,10-13H2,1-4H3,(H2,19,20,21);1H. The van der Waals surface area contributed by atoms with E-state index in [-0.39, 0.29) is 24.0 Å². The summed E-state index contributed by atoms with van der Waals surface area (Å²) in [6.45, 7) is 6.29. The molecule has 2 N–H and O–H groups in total. The summed E-state index contributed by atoms with van der Waals surface area (Å²) in [5.41, 5.74) is 1.33. The molecule has 1 aromatic carbocycles. The summed E-state index contributed by atoms with van der Waals surface area (Å²) in [6, 6.07) is 11.0. The topological polar surface area (TPSA) is 78.6 Å². The monoisotopic (exact) mass is 472 g/mol. The zero-order chi connectivity index (χ0) is 18.1. The highest BCUT2D eigenvalue weighted by Crippen LogP contribution is 2.07. The van der Waals surface area contributed by atoms with Gasteiger partial charge in [0.25, 0.3) is 0 Å². The van der Waals surface area contributed by atoms with Crippen LogP contribution in [-0.4, -0.2) is 47.7 Å². The molecule has 2 rings (SSSR count). The Kier molecular flexibility index (Phi) is 10.2. The molecule has 0 aliphatic carbocycles. The Morgan fingerprint density at radius 2 is 2.00 bits per heavy atom. The van der Waals surface area contributed by atoms with E-state index in [1.807, 2.05) is 6.07 Å². The van der Waals surface area contributed by atoms with E-state index in [4.69, 9.17) is 4.52 Å². The molecule has 144 valence electrons. The maximum Gasteiger partial charge on any atom is 0.223 e. The molecule has 0 aliphatic rings. The van der Waals surface area contributed by atoms with Crippen LogP contribution in [0.2, 0.25) is 0 Å². The molecule has 7 nitrogen and oxygen atoms in total. The molecule has 1 heterocycles. The largest absolute Gasteiger partial charge is 0.356 e. The van der Waals surface area contributed by atoms with Crippen molar-refractivity contribution in [1.29, 1.82) is 0 Å². The molecule has 0 radical (unpaired) electrons. The third kappa shape index (κ3) is 7.69. The molecular weight excluding hydrogens is 443 g/mol. The van der Waals surface area contributed by atoms with Gasteiger partial charge in [0.05, 0.1) is 6.54 Å². The predicted molar refractivity (Wildman–Crippen MR) is 115 cm³/mol. The highest BCUT2D eigenvalue weighted by atomic mass is 127. The number of guanidine groups is 1. The first kappa shape index (κ1) is 22.4. The Morgan fingerprint density at radius 3 is 2.62 bits per heavy atom. The number of aliphatic imine (C=N–C) groups is 1. The summed E-state index contributed by atoms with van der Waals surface area (Å²) in [7, 11) is 3.91. The second kappa shape index (κ2) is 11.8. The molecular formula is C18H29IN6O. The number of aryl methyl sites for hydroxylation is 1. The third-order valence-corrected chi connectivity index (χ3v) is 4.09. The summed E-state index contributed by atoms with van der Waals surface area (Å²) in [5, 5.41) is 10.4. The number of aromatic nitrogens is 2. The predicted octanol–water partition coefficient (Wildman–Crippen LogP) is 2.57. The number of benzene rings is 1. The van der Waals surface area contributed by atoms with E-state index in [9.17, 15) is 0 Å². The van der Waals surface area contributed by atoms with Gasteiger partial charge in [-0.15, -0.1) is 24.0 Å². The van der Waals surface area contributed by atoms with Crippen molar-refractivity contribution in [3.8, 4) is 0 Å². The van der Waals surface area contributed by atoms with Crippen LogP contribution in [-0.2, 0) is 13.1 Å². The minimum atomic E-state index is 0. The number of rotatable bonds is 8. The third-order valence-electron chi connectivity index (χ3n) is 4.09. The van der Waals surface area contributed by atoms with E-state index < -0.39 is 0 Å². The van der Waals surface area contributed by atoms with Crippen LogP contribution < -0.4 is 10.6 Å². The average molecular weight is 472 g/mol. The van der Waals surface area contributed by atoms with Crippen LogP contribution in [0.15, 0.2) is 39.8 Å². The minimum Gasteiger partial charge on any atom is -0.356 e. The van der Waals surface area contributed by atoms with Crippen LogP contribution >= 0.6 is 24.0 Å². The summed E-state index contributed by atoms with van der Waals surface area (Å²) in [4.78, 5) is 10.7. The molecule has 1 atom stereocenters. The van der Waals surface area contributed by atoms with Crippen molar-refractivity contribution in [2.75, 3.05) is 20.6 Å². The number of hydrogen-bond donors (Lipinski definition) is 2. The minimum absolute atomic E-state index is 0. The molecule has 0 saturated carbocycles. The molecule has 0 saturated heterocycles. The Bertz CT molecular complexity index is 661. The van der Waals surface area contributed by atoms with Gasteiger partial charge in [-0.1, -0.05) is 35.5 Å². The van der Waals surface area contributed by atoms with Crippen molar-refractivity contribution in [2.24, 2.45) is 4.99 Å². The fraction of sp³-hybridized carbons (Fsp3) is 0.500. The van der Waals surface area contributed by atoms with Crippen molar-refractivity contribution < 1.29 is 4.52 Å². The fourth-order valence-electron chi connectivity index (χ4n) is 2.44. The van der Waals surface area contributed by atoms with Gasteiger partial charge in [-0.25, -0.2) is 0 Å². The lowest BCUT2D eigenvalue weighted by molar-refractivity contribution is 0.238. The van der Waals surface area contributed by atoms with E-state index >= 15 is 0 Å². The lowest BCUT2D eigenvalue weighted by Gasteiger charge is -2.25. The van der Waals surface area contributed by atoms with Crippen LogP contribution in [0.1, 0.15) is 30.6 Å². The molecule has 26 heavy (non-hydrogen) atoms. The van der Waals surface area contributed by atoms with Gasteiger partial charge in [0, 0.05) is 33.1 Å². The smallest absolute Gasteiger partial charge is 0.223 e. The number of hydrogen-bond acceptors (Lipinski definition) is 5. The van der Waals surface area contributed by atoms with Gasteiger partial charge in [0.1, 0.15) is 0 Å². The van der Waals surface area contributed by atoms with E-state index in [0.29, 0.717) is 24.3 Å². The van der Waals surface area contributed by atoms with E-state index in [1.54, 1.807) is 14.0 Å². The summed E-state index contributed by atoms with van der Waals surface area (Å²) < 4.78 is 4.95. The SMILES string of the molecule is CN=C(NCCC(C)N(C)Cc1ccccc1)NCc1noc(C)n1.I. The molecule has 1 aromatic heterocycles. The molecule has 0 amide bonds. The van der Waals surface area contributed by atoms with Gasteiger partial charge in [0.2, 0.25) is 5.89 Å². The van der Waals surface area contributed by atoms with Crippen molar-refractivity contribution in [3.05, 3.63) is 47.6 Å². The number of nitrogens with one attached hydrogen (secondary N) is 2. The average Bonchev–Trinajstić information content (AvgIpc) is 3.04. The number of nitrogens with zero attached hydrogens (tertiary/aromatic N) is 4. The first-order valence-electron chi connectivity index (χ1n) is 8.56. The van der Waals surface area contributed by atoms with Gasteiger partial charge < -0.3 is 15.2 Å². The lowest BCUT2D eigenvalue weighted by atomic mass is 10.1. The summed E-state index contributed by atoms with van der Waals surface area (Å²) >= 11 is 0. The molecule has 1 unspecified atom stereocenters. The van der Waals surface area contributed by atoms with Gasteiger partial charge in [-0.05, 0) is 26.0 Å². The molecule has 0 bridgehead atoms. The van der Waals surface area contributed by atoms with Crippen LogP contribution in [0.3, 0.4) is 0 Å². The molecule has 0 spiro atoms. The number of halogens is 1. The first-order valence-corrected chi connectivity index (χ1v) is 8.56. The van der Waals surface area contributed by atoms with Crippen molar-refractivity contribution >= 4 is 29.9 Å². The molecule has 0 fully saturated rings. The maximum atomic E-state index is 4.95. The zero-order valence-corrected chi connectivity index (χ0v) is 18.2. The van der Waals surface area contributed by atoms with Crippen molar-refractivity contribution in [2.45, 2.75) is 39.4 Å². The Morgan fingerprint density at radius 1 is 1.27 bits per heavy atom. The first-order chi connectivity index (χ1) is 12.1. The Labute approximate surface area is 172 Å². The summed E-state index contributed by atoms with van der Waals surface area (Å²) in [5.74, 6) is 1.92. The second-order valence-corrected chi connectivity index (χ2v) is 6.12. The van der Waals surface area contributed by atoms with Gasteiger partial charge in [-0.3, -0.25) is 9.89 Å². The van der Waals surface area contributed by atoms with Crippen LogP contribution in [0, 0.1) is 6.92 Å². The quantitative estimate of drug-likeness (QED) is 0.350. The highest BCUT2D eigenvalue weighted by Gasteiger charge is 2.10. The van der Waals surface area contributed by atoms with Gasteiger partial charge in [0.15, 0.2) is 11.8 Å². The second-order valence-electron chi connectivity index (χ2n) is 6.12. The fourth-order valence-corrected chi connectivity index (χ4v) is 2.44. The normalized spacial score (nSPS) is 12.6. The Balaban J connectivity index is 0.00000338. The summed E-state index contributed by atoms with van der Waals surface area (Å²) in [6.07, 6.45) is 1.02. The van der Waals surface area contributed by atoms with E-state index in [2.05, 4.69) is 68.9 Å². The van der Waals surface area contributed by atoms with Gasteiger partial charge >= 0.3 is 0 Å². The van der Waals surface area contributed by atoms with Crippen molar-refractivity contribution in [3.63, 3.8) is 0 Å². The van der Waals surface area contributed by atoms with Crippen LogP contribution in [0.5, 0.6) is 0 Å². The molecule has 0 aliphatic heterocycles. The van der Waals surface area contributed by atoms with Crippen molar-refractivity contribution in [1.82, 2.24) is 25.7 Å². The van der Waals surface area contributed by atoms with Crippen LogP contribution in [0.4, 0.5) is 0 Å².